The molecule has 2 rings (SSSR count). The van der Waals surface area contributed by atoms with Crippen LogP contribution in [0, 0.1) is 22.7 Å². The Hall–Kier alpha value is -3.01. The van der Waals surface area contributed by atoms with Gasteiger partial charge in [-0.3, -0.25) is 9.36 Å². The first-order valence-electron chi connectivity index (χ1n) is 8.38. The maximum Gasteiger partial charge on any atom is 0.387 e. The van der Waals surface area contributed by atoms with Gasteiger partial charge in [-0.25, -0.2) is 0 Å². The number of hydrogen-bond acceptors (Lipinski definition) is 6. The number of alkyl halides is 2. The van der Waals surface area contributed by atoms with E-state index in [0.717, 1.165) is 11.3 Å². The summed E-state index contributed by atoms with van der Waals surface area (Å²) in [5.41, 5.74) is 0.134. The summed E-state index contributed by atoms with van der Waals surface area (Å²) in [5, 5.41) is 18.4. The Morgan fingerprint density at radius 3 is 2.54 bits per heavy atom. The van der Waals surface area contributed by atoms with Crippen LogP contribution in [0.15, 0.2) is 29.1 Å². The molecule has 1 aromatic heterocycles. The third kappa shape index (κ3) is 5.49. The molecule has 0 fully saturated rings. The summed E-state index contributed by atoms with van der Waals surface area (Å²) in [4.78, 5) is 12.8. The van der Waals surface area contributed by atoms with Gasteiger partial charge in [-0.2, -0.15) is 19.3 Å². The van der Waals surface area contributed by atoms with Crippen LogP contribution in [-0.2, 0) is 11.3 Å². The molecular formula is C19H17F2N3O3S. The highest BCUT2D eigenvalue weighted by atomic mass is 32.1. The molecule has 0 aliphatic rings. The van der Waals surface area contributed by atoms with Crippen LogP contribution in [0.5, 0.6) is 5.75 Å². The van der Waals surface area contributed by atoms with Crippen molar-refractivity contribution in [2.75, 3.05) is 13.2 Å². The SMILES string of the molecule is CCOCCCn1c(=C(C#N)C#N)s/c(=C/c2ccc(OC(F)F)cc2)c1=O. The van der Waals surface area contributed by atoms with Crippen LogP contribution in [0.3, 0.4) is 0 Å². The van der Waals surface area contributed by atoms with Crippen molar-refractivity contribution in [1.82, 2.24) is 4.57 Å². The van der Waals surface area contributed by atoms with Crippen LogP contribution in [0.4, 0.5) is 8.78 Å². The van der Waals surface area contributed by atoms with Gasteiger partial charge in [-0.05, 0) is 37.1 Å². The van der Waals surface area contributed by atoms with E-state index in [-0.39, 0.29) is 21.5 Å². The standard InChI is InChI=1S/C19H17F2N3O3S/c1-2-26-9-3-8-24-17(25)16(28-18(24)14(11-22)12-23)10-13-4-6-15(7-5-13)27-19(20)21/h4-7,10,19H,2-3,8-9H2,1H3/b16-10+. The van der Waals surface area contributed by atoms with Gasteiger partial charge in [-0.15, -0.1) is 11.3 Å². The fraction of sp³-hybridized carbons (Fsp3) is 0.316. The lowest BCUT2D eigenvalue weighted by Gasteiger charge is -2.03. The van der Waals surface area contributed by atoms with Gasteiger partial charge in [0.25, 0.3) is 5.56 Å². The monoisotopic (exact) mass is 405 g/mol. The summed E-state index contributed by atoms with van der Waals surface area (Å²) >= 11 is 1.04. The van der Waals surface area contributed by atoms with Gasteiger partial charge in [0.2, 0.25) is 0 Å². The number of hydrogen-bond donors (Lipinski definition) is 0. The zero-order chi connectivity index (χ0) is 20.5. The number of benzene rings is 1. The molecule has 28 heavy (non-hydrogen) atoms. The topological polar surface area (TPSA) is 88.0 Å². The highest BCUT2D eigenvalue weighted by Gasteiger charge is 2.09. The van der Waals surface area contributed by atoms with Crippen LogP contribution >= 0.6 is 11.3 Å². The second-order valence-electron chi connectivity index (χ2n) is 5.47. The molecule has 0 aliphatic carbocycles. The Balaban J connectivity index is 2.46. The molecule has 6 nitrogen and oxygen atoms in total. The number of ether oxygens (including phenoxy) is 2. The highest BCUT2D eigenvalue weighted by molar-refractivity contribution is 7.07. The van der Waals surface area contributed by atoms with Crippen LogP contribution in [0.25, 0.3) is 11.6 Å². The van der Waals surface area contributed by atoms with Crippen molar-refractivity contribution < 1.29 is 18.3 Å². The minimum atomic E-state index is -2.91. The molecule has 146 valence electrons. The molecule has 0 aliphatic heterocycles. The van der Waals surface area contributed by atoms with Crippen molar-refractivity contribution in [3.05, 3.63) is 49.4 Å². The number of thiazole rings is 1. The first kappa shape index (κ1) is 21.3. The minimum Gasteiger partial charge on any atom is -0.435 e. The van der Waals surface area contributed by atoms with Gasteiger partial charge in [-0.1, -0.05) is 12.1 Å². The molecule has 9 heteroatoms. The fourth-order valence-electron chi connectivity index (χ4n) is 2.39. The predicted octanol–water partition coefficient (Wildman–Crippen LogP) is 1.96. The van der Waals surface area contributed by atoms with Crippen molar-refractivity contribution in [1.29, 1.82) is 10.5 Å². The Kier molecular flexibility index (Phi) is 7.88. The van der Waals surface area contributed by atoms with Gasteiger partial charge in [0.05, 0.1) is 4.53 Å². The maximum absolute atomic E-state index is 12.8. The summed E-state index contributed by atoms with van der Waals surface area (Å²) in [6.07, 6.45) is 2.13. The maximum atomic E-state index is 12.8. The minimum absolute atomic E-state index is 0.0111. The van der Waals surface area contributed by atoms with E-state index in [9.17, 15) is 24.1 Å². The van der Waals surface area contributed by atoms with Crippen LogP contribution < -0.4 is 19.5 Å². The Labute approximate surface area is 163 Å². The van der Waals surface area contributed by atoms with Crippen LogP contribution in [0.1, 0.15) is 18.9 Å². The first-order valence-corrected chi connectivity index (χ1v) is 9.20. The number of nitrogens with zero attached hydrogens (tertiary/aromatic N) is 3. The van der Waals surface area contributed by atoms with Gasteiger partial charge in [0, 0.05) is 19.8 Å². The Morgan fingerprint density at radius 2 is 1.96 bits per heavy atom. The van der Waals surface area contributed by atoms with E-state index < -0.39 is 6.61 Å². The van der Waals surface area contributed by atoms with Gasteiger partial charge in [0.1, 0.15) is 22.6 Å². The van der Waals surface area contributed by atoms with Gasteiger partial charge in [0.15, 0.2) is 5.57 Å². The first-order chi connectivity index (χ1) is 13.5. The second kappa shape index (κ2) is 10.4. The molecule has 0 bridgehead atoms. The van der Waals surface area contributed by atoms with E-state index in [2.05, 4.69) is 4.74 Å². The lowest BCUT2D eigenvalue weighted by molar-refractivity contribution is -0.0498. The number of aromatic nitrogens is 1. The van der Waals surface area contributed by atoms with E-state index in [1.54, 1.807) is 6.08 Å². The third-order valence-corrected chi connectivity index (χ3v) is 4.75. The molecule has 0 amide bonds. The lowest BCUT2D eigenvalue weighted by Crippen LogP contribution is -2.32. The summed E-state index contributed by atoms with van der Waals surface area (Å²) in [7, 11) is 0. The lowest BCUT2D eigenvalue weighted by atomic mass is 10.2. The normalized spacial score (nSPS) is 11.3. The molecule has 0 radical (unpaired) electrons. The predicted molar refractivity (Wildman–Crippen MR) is 100 cm³/mol. The Morgan fingerprint density at radius 1 is 1.29 bits per heavy atom. The second-order valence-corrected chi connectivity index (χ2v) is 6.50. The fourth-order valence-corrected chi connectivity index (χ4v) is 3.47. The molecule has 0 saturated carbocycles. The smallest absolute Gasteiger partial charge is 0.387 e. The summed E-state index contributed by atoms with van der Waals surface area (Å²) in [5.74, 6) is 0.0111. The Bertz CT molecular complexity index is 1040. The summed E-state index contributed by atoms with van der Waals surface area (Å²) in [6, 6.07) is 9.44. The molecule has 0 spiro atoms. The van der Waals surface area contributed by atoms with Crippen molar-refractivity contribution >= 4 is 23.0 Å². The van der Waals surface area contributed by atoms with Crippen molar-refractivity contribution in [2.45, 2.75) is 26.5 Å². The van der Waals surface area contributed by atoms with Gasteiger partial charge >= 0.3 is 6.61 Å². The van der Waals surface area contributed by atoms with E-state index >= 15 is 0 Å². The molecule has 1 heterocycles. The summed E-state index contributed by atoms with van der Waals surface area (Å²) in [6.45, 7) is 0.279. The molecule has 0 atom stereocenters. The van der Waals surface area contributed by atoms with E-state index in [1.165, 1.54) is 28.8 Å². The zero-order valence-electron chi connectivity index (χ0n) is 15.0. The largest absolute Gasteiger partial charge is 0.435 e. The quantitative estimate of drug-likeness (QED) is 0.627. The third-order valence-electron chi connectivity index (χ3n) is 3.62. The average molecular weight is 405 g/mol. The molecule has 0 saturated heterocycles. The van der Waals surface area contributed by atoms with Crippen LogP contribution in [0.2, 0.25) is 0 Å². The number of nitriles is 2. The molecule has 0 N–H and O–H groups in total. The molecule has 1 aromatic carbocycles. The van der Waals surface area contributed by atoms with Crippen molar-refractivity contribution in [3.63, 3.8) is 0 Å². The van der Waals surface area contributed by atoms with E-state index in [4.69, 9.17) is 4.74 Å². The number of rotatable bonds is 8. The van der Waals surface area contributed by atoms with Crippen molar-refractivity contribution in [2.24, 2.45) is 0 Å². The zero-order valence-corrected chi connectivity index (χ0v) is 15.8. The average Bonchev–Trinajstić information content (AvgIpc) is 2.97. The van der Waals surface area contributed by atoms with E-state index in [1.807, 2.05) is 19.1 Å². The number of halogens is 2. The highest BCUT2D eigenvalue weighted by Crippen LogP contribution is 2.15. The van der Waals surface area contributed by atoms with E-state index in [0.29, 0.717) is 36.3 Å². The molecule has 2 aromatic rings. The molecule has 0 unspecified atom stereocenters. The van der Waals surface area contributed by atoms with Gasteiger partial charge < -0.3 is 9.47 Å². The summed E-state index contributed by atoms with van der Waals surface area (Å²) < 4.78 is 36.0. The van der Waals surface area contributed by atoms with Crippen LogP contribution in [-0.4, -0.2) is 24.4 Å². The molecular weight excluding hydrogens is 388 g/mol. The van der Waals surface area contributed by atoms with Crippen molar-refractivity contribution in [3.8, 4) is 17.9 Å².